The fourth-order valence-corrected chi connectivity index (χ4v) is 2.02. The van der Waals surface area contributed by atoms with Crippen LogP contribution < -0.4 is 15.8 Å². The summed E-state index contributed by atoms with van der Waals surface area (Å²) >= 11 is 0. The summed E-state index contributed by atoms with van der Waals surface area (Å²) in [6.45, 7) is 3.25. The summed E-state index contributed by atoms with van der Waals surface area (Å²) in [6, 6.07) is 5.44. The molecule has 0 aliphatic heterocycles. The van der Waals surface area contributed by atoms with Gasteiger partial charge in [0.1, 0.15) is 5.75 Å². The highest BCUT2D eigenvalue weighted by Gasteiger charge is 2.41. The van der Waals surface area contributed by atoms with E-state index in [9.17, 15) is 4.79 Å². The summed E-state index contributed by atoms with van der Waals surface area (Å²) in [5, 5.41) is 2.96. The zero-order valence-corrected chi connectivity index (χ0v) is 11.0. The second kappa shape index (κ2) is 4.98. The highest BCUT2D eigenvalue weighted by Crippen LogP contribution is 2.43. The molecule has 1 fully saturated rings. The molecular weight excluding hydrogens is 228 g/mol. The molecular formula is C14H20N2O2. The number of aryl methyl sites for hydroxylation is 1. The van der Waals surface area contributed by atoms with Gasteiger partial charge in [0.15, 0.2) is 0 Å². The Morgan fingerprint density at radius 2 is 2.22 bits per heavy atom. The largest absolute Gasteiger partial charge is 0.496 e. The highest BCUT2D eigenvalue weighted by molar-refractivity contribution is 5.94. The molecule has 3 N–H and O–H groups in total. The molecule has 1 aliphatic carbocycles. The van der Waals surface area contributed by atoms with Crippen LogP contribution in [0, 0.1) is 12.3 Å². The standard InChI is InChI=1S/C14H20N2O2/c1-10-7-11(3-4-12(10)18-2)13(17)16-9-14(8-15)5-6-14/h3-4,7H,5-6,8-9,15H2,1-2H3,(H,16,17). The van der Waals surface area contributed by atoms with E-state index < -0.39 is 0 Å². The van der Waals surface area contributed by atoms with E-state index in [1.807, 2.05) is 19.1 Å². The third-order valence-electron chi connectivity index (χ3n) is 3.67. The highest BCUT2D eigenvalue weighted by atomic mass is 16.5. The molecule has 0 bridgehead atoms. The van der Waals surface area contributed by atoms with Crippen molar-refractivity contribution in [3.05, 3.63) is 29.3 Å². The number of hydrogen-bond donors (Lipinski definition) is 2. The number of carbonyl (C=O) groups excluding carboxylic acids is 1. The zero-order chi connectivity index (χ0) is 13.2. The molecule has 0 aromatic heterocycles. The van der Waals surface area contributed by atoms with Gasteiger partial charge in [-0.15, -0.1) is 0 Å². The summed E-state index contributed by atoms with van der Waals surface area (Å²) in [5.41, 5.74) is 7.48. The third kappa shape index (κ3) is 2.64. The number of benzene rings is 1. The Hall–Kier alpha value is -1.55. The van der Waals surface area contributed by atoms with Gasteiger partial charge >= 0.3 is 0 Å². The van der Waals surface area contributed by atoms with Crippen LogP contribution >= 0.6 is 0 Å². The van der Waals surface area contributed by atoms with Crippen molar-refractivity contribution in [2.24, 2.45) is 11.1 Å². The van der Waals surface area contributed by atoms with Crippen molar-refractivity contribution in [3.63, 3.8) is 0 Å². The van der Waals surface area contributed by atoms with Gasteiger partial charge in [0, 0.05) is 17.5 Å². The van der Waals surface area contributed by atoms with Crippen LogP contribution in [0.25, 0.3) is 0 Å². The van der Waals surface area contributed by atoms with Gasteiger partial charge in [0.2, 0.25) is 0 Å². The van der Waals surface area contributed by atoms with Gasteiger partial charge in [-0.05, 0) is 50.1 Å². The quantitative estimate of drug-likeness (QED) is 0.829. The van der Waals surface area contributed by atoms with Crippen LogP contribution in [-0.2, 0) is 0 Å². The van der Waals surface area contributed by atoms with Gasteiger partial charge in [-0.2, -0.15) is 0 Å². The Morgan fingerprint density at radius 3 is 2.72 bits per heavy atom. The molecule has 0 heterocycles. The SMILES string of the molecule is COc1ccc(C(=O)NCC2(CN)CC2)cc1C. The van der Waals surface area contributed by atoms with Crippen molar-refractivity contribution >= 4 is 5.91 Å². The van der Waals surface area contributed by atoms with Crippen LogP contribution in [0.2, 0.25) is 0 Å². The van der Waals surface area contributed by atoms with Gasteiger partial charge < -0.3 is 15.8 Å². The average molecular weight is 248 g/mol. The molecule has 0 atom stereocenters. The average Bonchev–Trinajstić information content (AvgIpc) is 3.16. The molecule has 4 heteroatoms. The Kier molecular flexibility index (Phi) is 3.57. The predicted molar refractivity (Wildman–Crippen MR) is 70.8 cm³/mol. The number of nitrogens with one attached hydrogen (secondary N) is 1. The Morgan fingerprint density at radius 1 is 1.50 bits per heavy atom. The molecule has 0 saturated heterocycles. The van der Waals surface area contributed by atoms with E-state index in [1.165, 1.54) is 0 Å². The number of rotatable bonds is 5. The number of amides is 1. The van der Waals surface area contributed by atoms with Crippen LogP contribution in [0.15, 0.2) is 18.2 Å². The summed E-state index contributed by atoms with van der Waals surface area (Å²) in [6.07, 6.45) is 2.23. The maximum atomic E-state index is 12.0. The molecule has 1 aromatic carbocycles. The molecule has 18 heavy (non-hydrogen) atoms. The zero-order valence-electron chi connectivity index (χ0n) is 11.0. The molecule has 2 rings (SSSR count). The Bertz CT molecular complexity index is 453. The first-order chi connectivity index (χ1) is 8.60. The summed E-state index contributed by atoms with van der Waals surface area (Å²) in [4.78, 5) is 12.0. The molecule has 98 valence electrons. The van der Waals surface area contributed by atoms with Gasteiger partial charge in [0.05, 0.1) is 7.11 Å². The normalized spacial score (nSPS) is 16.2. The maximum Gasteiger partial charge on any atom is 0.251 e. The minimum atomic E-state index is -0.0412. The second-order valence-electron chi connectivity index (χ2n) is 5.07. The van der Waals surface area contributed by atoms with Crippen LogP contribution in [-0.4, -0.2) is 26.1 Å². The molecule has 1 amide bonds. The van der Waals surface area contributed by atoms with Crippen LogP contribution in [0.1, 0.15) is 28.8 Å². The van der Waals surface area contributed by atoms with Crippen molar-refractivity contribution in [3.8, 4) is 5.75 Å². The second-order valence-corrected chi connectivity index (χ2v) is 5.07. The maximum absolute atomic E-state index is 12.0. The third-order valence-corrected chi connectivity index (χ3v) is 3.67. The fraction of sp³-hybridized carbons (Fsp3) is 0.500. The topological polar surface area (TPSA) is 64.3 Å². The monoisotopic (exact) mass is 248 g/mol. The first-order valence-electron chi connectivity index (χ1n) is 6.23. The van der Waals surface area contributed by atoms with E-state index in [4.69, 9.17) is 10.5 Å². The predicted octanol–water partition coefficient (Wildman–Crippen LogP) is 1.47. The lowest BCUT2D eigenvalue weighted by Crippen LogP contribution is -2.33. The van der Waals surface area contributed by atoms with Gasteiger partial charge in [-0.1, -0.05) is 0 Å². The van der Waals surface area contributed by atoms with E-state index in [0.29, 0.717) is 18.7 Å². The molecule has 4 nitrogen and oxygen atoms in total. The van der Waals surface area contributed by atoms with Crippen molar-refractivity contribution < 1.29 is 9.53 Å². The molecule has 0 spiro atoms. The lowest BCUT2D eigenvalue weighted by Gasteiger charge is -2.14. The molecule has 1 aliphatic rings. The van der Waals surface area contributed by atoms with E-state index in [0.717, 1.165) is 24.2 Å². The van der Waals surface area contributed by atoms with Crippen molar-refractivity contribution in [2.75, 3.05) is 20.2 Å². The molecule has 0 radical (unpaired) electrons. The lowest BCUT2D eigenvalue weighted by atomic mass is 10.1. The number of hydrogen-bond acceptors (Lipinski definition) is 3. The molecule has 0 unspecified atom stereocenters. The van der Waals surface area contributed by atoms with Crippen molar-refractivity contribution in [1.82, 2.24) is 5.32 Å². The minimum Gasteiger partial charge on any atom is -0.496 e. The number of carbonyl (C=O) groups is 1. The first-order valence-corrected chi connectivity index (χ1v) is 6.23. The fourth-order valence-electron chi connectivity index (χ4n) is 2.02. The summed E-state index contributed by atoms with van der Waals surface area (Å²) in [7, 11) is 1.63. The van der Waals surface area contributed by atoms with Crippen LogP contribution in [0.3, 0.4) is 0 Å². The van der Waals surface area contributed by atoms with E-state index in [1.54, 1.807) is 13.2 Å². The van der Waals surface area contributed by atoms with Crippen LogP contribution in [0.5, 0.6) is 5.75 Å². The molecule has 1 saturated carbocycles. The van der Waals surface area contributed by atoms with Gasteiger partial charge in [-0.3, -0.25) is 4.79 Å². The lowest BCUT2D eigenvalue weighted by molar-refractivity contribution is 0.0945. The minimum absolute atomic E-state index is 0.0412. The first kappa shape index (κ1) is 12.9. The number of methoxy groups -OCH3 is 1. The van der Waals surface area contributed by atoms with E-state index >= 15 is 0 Å². The van der Waals surface area contributed by atoms with Crippen LogP contribution in [0.4, 0.5) is 0 Å². The smallest absolute Gasteiger partial charge is 0.251 e. The van der Waals surface area contributed by atoms with Gasteiger partial charge in [-0.25, -0.2) is 0 Å². The Balaban J connectivity index is 1.98. The number of nitrogens with two attached hydrogens (primary N) is 1. The number of ether oxygens (including phenoxy) is 1. The van der Waals surface area contributed by atoms with Gasteiger partial charge in [0.25, 0.3) is 5.91 Å². The van der Waals surface area contributed by atoms with Crippen molar-refractivity contribution in [2.45, 2.75) is 19.8 Å². The molecule has 1 aromatic rings. The summed E-state index contributed by atoms with van der Waals surface area (Å²) < 4.78 is 5.17. The van der Waals surface area contributed by atoms with E-state index in [2.05, 4.69) is 5.32 Å². The Labute approximate surface area is 108 Å². The van der Waals surface area contributed by atoms with E-state index in [-0.39, 0.29) is 11.3 Å². The summed E-state index contributed by atoms with van der Waals surface area (Å²) in [5.74, 6) is 0.757. The van der Waals surface area contributed by atoms with Crippen molar-refractivity contribution in [1.29, 1.82) is 0 Å².